The van der Waals surface area contributed by atoms with Crippen LogP contribution in [0.3, 0.4) is 0 Å². The highest BCUT2D eigenvalue weighted by Gasteiger charge is 2.25. The summed E-state index contributed by atoms with van der Waals surface area (Å²) >= 11 is 0.967. The number of Topliss-reactive ketones (excluding diaryl/α,β-unsaturated/α-hetero) is 1. The Labute approximate surface area is 151 Å². The largest absolute Gasteiger partial charge is 0.298 e. The molecule has 0 bridgehead atoms. The van der Waals surface area contributed by atoms with Crippen LogP contribution in [0.4, 0.5) is 13.9 Å². The number of aryl methyl sites for hydroxylation is 2. The van der Waals surface area contributed by atoms with E-state index < -0.39 is 23.3 Å². The topological polar surface area (TPSA) is 76.9 Å². The Morgan fingerprint density at radius 1 is 1.19 bits per heavy atom. The molecule has 0 spiro atoms. The standard InChI is InChI=1S/C17H14F2N4O2S/c1-8-13(9(2)23(3)22-8)15(24)16(25)21-17-20-12(7-26-17)14-10(18)5-4-6-11(14)19/h4-7H,1-3H3,(H,20,21,25). The van der Waals surface area contributed by atoms with Gasteiger partial charge in [-0.05, 0) is 26.0 Å². The van der Waals surface area contributed by atoms with E-state index in [2.05, 4.69) is 15.4 Å². The van der Waals surface area contributed by atoms with Gasteiger partial charge in [-0.25, -0.2) is 13.8 Å². The number of aromatic nitrogens is 3. The van der Waals surface area contributed by atoms with E-state index in [0.29, 0.717) is 11.4 Å². The smallest absolute Gasteiger partial charge is 0.295 e. The van der Waals surface area contributed by atoms with E-state index in [1.807, 2.05) is 0 Å². The first-order chi connectivity index (χ1) is 12.3. The summed E-state index contributed by atoms with van der Waals surface area (Å²) in [7, 11) is 1.67. The second-order valence-corrected chi connectivity index (χ2v) is 6.45. The first-order valence-corrected chi connectivity index (χ1v) is 8.43. The predicted octanol–water partition coefficient (Wildman–Crippen LogP) is 3.26. The number of nitrogens with one attached hydrogen (secondary N) is 1. The van der Waals surface area contributed by atoms with Crippen molar-refractivity contribution in [3.63, 3.8) is 0 Å². The fourth-order valence-electron chi connectivity index (χ4n) is 2.56. The van der Waals surface area contributed by atoms with E-state index in [9.17, 15) is 18.4 Å². The Hall–Kier alpha value is -2.94. The molecule has 0 atom stereocenters. The minimum absolute atomic E-state index is 0.0436. The van der Waals surface area contributed by atoms with Gasteiger partial charge < -0.3 is 0 Å². The van der Waals surface area contributed by atoms with Crippen LogP contribution in [0, 0.1) is 25.5 Å². The number of rotatable bonds is 4. The van der Waals surface area contributed by atoms with Gasteiger partial charge in [-0.2, -0.15) is 5.10 Å². The zero-order chi connectivity index (χ0) is 19.0. The molecule has 6 nitrogen and oxygen atoms in total. The lowest BCUT2D eigenvalue weighted by Crippen LogP contribution is -2.24. The molecule has 0 radical (unpaired) electrons. The van der Waals surface area contributed by atoms with Gasteiger partial charge in [0.05, 0.1) is 22.5 Å². The molecule has 2 aromatic heterocycles. The molecule has 0 aliphatic rings. The lowest BCUT2D eigenvalue weighted by Gasteiger charge is -2.02. The zero-order valence-corrected chi connectivity index (χ0v) is 14.9. The second kappa shape index (κ2) is 6.75. The van der Waals surface area contributed by atoms with Crippen LogP contribution in [0.1, 0.15) is 21.7 Å². The SMILES string of the molecule is Cc1nn(C)c(C)c1C(=O)C(=O)Nc1nc(-c2c(F)cccc2F)cs1. The van der Waals surface area contributed by atoms with Crippen LogP contribution in [0.5, 0.6) is 0 Å². The number of benzene rings is 1. The Morgan fingerprint density at radius 3 is 2.42 bits per heavy atom. The van der Waals surface area contributed by atoms with Crippen molar-refractivity contribution in [1.29, 1.82) is 0 Å². The normalized spacial score (nSPS) is 10.8. The van der Waals surface area contributed by atoms with Crippen molar-refractivity contribution < 1.29 is 18.4 Å². The summed E-state index contributed by atoms with van der Waals surface area (Å²) in [6.07, 6.45) is 0. The van der Waals surface area contributed by atoms with E-state index in [-0.39, 0.29) is 22.0 Å². The van der Waals surface area contributed by atoms with E-state index in [0.717, 1.165) is 23.5 Å². The summed E-state index contributed by atoms with van der Waals surface area (Å²) in [5, 5.41) is 7.95. The third kappa shape index (κ3) is 3.13. The lowest BCUT2D eigenvalue weighted by atomic mass is 10.1. The van der Waals surface area contributed by atoms with Gasteiger partial charge in [-0.1, -0.05) is 6.07 Å². The molecule has 2 heterocycles. The van der Waals surface area contributed by atoms with Crippen molar-refractivity contribution in [2.24, 2.45) is 7.05 Å². The molecular formula is C17H14F2N4O2S. The Bertz CT molecular complexity index is 1010. The highest BCUT2D eigenvalue weighted by molar-refractivity contribution is 7.14. The van der Waals surface area contributed by atoms with Crippen LogP contribution in [-0.4, -0.2) is 26.5 Å². The molecule has 0 saturated carbocycles. The molecule has 134 valence electrons. The molecule has 0 fully saturated rings. The summed E-state index contributed by atoms with van der Waals surface area (Å²) < 4.78 is 29.2. The molecule has 9 heteroatoms. The van der Waals surface area contributed by atoms with E-state index in [1.165, 1.54) is 16.1 Å². The Balaban J connectivity index is 1.83. The van der Waals surface area contributed by atoms with Crippen molar-refractivity contribution in [1.82, 2.24) is 14.8 Å². The minimum Gasteiger partial charge on any atom is -0.295 e. The first-order valence-electron chi connectivity index (χ1n) is 7.55. The number of carbonyl (C=O) groups is 2. The van der Waals surface area contributed by atoms with Gasteiger partial charge in [0.1, 0.15) is 11.6 Å². The molecule has 3 rings (SSSR count). The number of ketones is 1. The fourth-order valence-corrected chi connectivity index (χ4v) is 3.25. The lowest BCUT2D eigenvalue weighted by molar-refractivity contribution is -0.112. The summed E-state index contributed by atoms with van der Waals surface area (Å²) in [4.78, 5) is 28.6. The van der Waals surface area contributed by atoms with Crippen molar-refractivity contribution in [3.8, 4) is 11.3 Å². The van der Waals surface area contributed by atoms with Crippen LogP contribution in [0.25, 0.3) is 11.3 Å². The molecular weight excluding hydrogens is 362 g/mol. The maximum Gasteiger partial charge on any atom is 0.298 e. The molecule has 0 aliphatic carbocycles. The maximum absolute atomic E-state index is 13.8. The Morgan fingerprint density at radius 2 is 1.85 bits per heavy atom. The van der Waals surface area contributed by atoms with Crippen molar-refractivity contribution in [3.05, 3.63) is 52.2 Å². The molecule has 0 unspecified atom stereocenters. The third-order valence-corrected chi connectivity index (χ3v) is 4.64. The summed E-state index contributed by atoms with van der Waals surface area (Å²) in [5.41, 5.74) is 0.993. The van der Waals surface area contributed by atoms with Gasteiger partial charge in [-0.15, -0.1) is 11.3 Å². The predicted molar refractivity (Wildman–Crippen MR) is 93.1 cm³/mol. The van der Waals surface area contributed by atoms with Crippen LogP contribution in [-0.2, 0) is 11.8 Å². The average molecular weight is 376 g/mol. The zero-order valence-electron chi connectivity index (χ0n) is 14.1. The fraction of sp³-hybridized carbons (Fsp3) is 0.176. The number of halogens is 2. The maximum atomic E-state index is 13.8. The molecule has 26 heavy (non-hydrogen) atoms. The number of hydrogen-bond donors (Lipinski definition) is 1. The molecule has 0 aliphatic heterocycles. The highest BCUT2D eigenvalue weighted by atomic mass is 32.1. The summed E-state index contributed by atoms with van der Waals surface area (Å²) in [6, 6.07) is 3.49. The van der Waals surface area contributed by atoms with Crippen molar-refractivity contribution in [2.45, 2.75) is 13.8 Å². The molecule has 1 aromatic carbocycles. The van der Waals surface area contributed by atoms with E-state index >= 15 is 0 Å². The van der Waals surface area contributed by atoms with E-state index in [1.54, 1.807) is 20.9 Å². The van der Waals surface area contributed by atoms with Gasteiger partial charge in [0.15, 0.2) is 5.13 Å². The third-order valence-electron chi connectivity index (χ3n) is 3.89. The van der Waals surface area contributed by atoms with Crippen LogP contribution in [0.15, 0.2) is 23.6 Å². The second-order valence-electron chi connectivity index (χ2n) is 5.59. The number of nitrogens with zero attached hydrogens (tertiary/aromatic N) is 3. The highest BCUT2D eigenvalue weighted by Crippen LogP contribution is 2.29. The quantitative estimate of drug-likeness (QED) is 0.560. The number of thiazole rings is 1. The number of amides is 1. The number of hydrogen-bond acceptors (Lipinski definition) is 5. The van der Waals surface area contributed by atoms with Crippen LogP contribution < -0.4 is 5.32 Å². The first kappa shape index (κ1) is 17.9. The van der Waals surface area contributed by atoms with Gasteiger partial charge in [-0.3, -0.25) is 19.6 Å². The Kier molecular flexibility index (Phi) is 4.64. The van der Waals surface area contributed by atoms with Gasteiger partial charge in [0, 0.05) is 18.1 Å². The molecule has 0 saturated heterocycles. The number of carbonyl (C=O) groups excluding carboxylic acids is 2. The van der Waals surface area contributed by atoms with Crippen molar-refractivity contribution in [2.75, 3.05) is 5.32 Å². The summed E-state index contributed by atoms with van der Waals surface area (Å²) in [5.74, 6) is -3.15. The monoisotopic (exact) mass is 376 g/mol. The molecule has 1 amide bonds. The van der Waals surface area contributed by atoms with Crippen LogP contribution >= 0.6 is 11.3 Å². The molecule has 1 N–H and O–H groups in total. The summed E-state index contributed by atoms with van der Waals surface area (Å²) in [6.45, 7) is 3.32. The number of anilines is 1. The molecule has 3 aromatic rings. The van der Waals surface area contributed by atoms with Gasteiger partial charge in [0.25, 0.3) is 11.7 Å². The van der Waals surface area contributed by atoms with Crippen molar-refractivity contribution >= 4 is 28.2 Å². The van der Waals surface area contributed by atoms with Crippen LogP contribution in [0.2, 0.25) is 0 Å². The minimum atomic E-state index is -0.890. The van der Waals surface area contributed by atoms with E-state index in [4.69, 9.17) is 0 Å². The average Bonchev–Trinajstić information content (AvgIpc) is 3.11. The van der Waals surface area contributed by atoms with Gasteiger partial charge >= 0.3 is 0 Å². The van der Waals surface area contributed by atoms with Gasteiger partial charge in [0.2, 0.25) is 0 Å².